The molecule has 0 aromatic heterocycles. The van der Waals surface area contributed by atoms with Crippen LogP contribution in [-0.4, -0.2) is 78.4 Å². The zero-order valence-corrected chi connectivity index (χ0v) is 21.0. The maximum Gasteiger partial charge on any atom is 0.344 e. The summed E-state index contributed by atoms with van der Waals surface area (Å²) in [5, 5.41) is 9.80. The van der Waals surface area contributed by atoms with Gasteiger partial charge in [0.25, 0.3) is 5.91 Å². The summed E-state index contributed by atoms with van der Waals surface area (Å²) in [4.78, 5) is 34.1. The summed E-state index contributed by atoms with van der Waals surface area (Å²) in [7, 11) is 1.50. The number of hydrogen-bond acceptors (Lipinski definition) is 8. The first-order valence-corrected chi connectivity index (χ1v) is 12.3. The molecule has 0 saturated carbocycles. The number of ether oxygens (including phenoxy) is 2. The maximum atomic E-state index is 12.5. The second-order valence-corrected chi connectivity index (χ2v) is 9.51. The van der Waals surface area contributed by atoms with Gasteiger partial charge < -0.3 is 19.5 Å². The number of amidine groups is 1. The van der Waals surface area contributed by atoms with E-state index in [0.717, 1.165) is 31.7 Å². The summed E-state index contributed by atoms with van der Waals surface area (Å²) >= 11 is 4.70. The number of β-amino-alcohol motifs (C(OH)–C–C–N with tert-alkyl or cyclic N) is 1. The van der Waals surface area contributed by atoms with E-state index in [1.165, 1.54) is 18.9 Å². The van der Waals surface area contributed by atoms with E-state index in [4.69, 9.17) is 14.6 Å². The molecule has 34 heavy (non-hydrogen) atoms. The van der Waals surface area contributed by atoms with Crippen molar-refractivity contribution < 1.29 is 24.2 Å². The Kier molecular flexibility index (Phi) is 8.04. The first-order chi connectivity index (χ1) is 16.5. The van der Waals surface area contributed by atoms with Crippen molar-refractivity contribution >= 4 is 50.8 Å². The number of carbonyl (C=O) groups excluding carboxylic acids is 2. The number of halogens is 1. The molecule has 0 bridgehead atoms. The van der Waals surface area contributed by atoms with Gasteiger partial charge in [-0.3, -0.25) is 9.69 Å². The Hall–Kier alpha value is -2.66. The highest BCUT2D eigenvalue weighted by molar-refractivity contribution is 9.10. The fourth-order valence-electron chi connectivity index (χ4n) is 3.63. The fraction of sp³-hybridized carbons (Fsp3) is 0.292. The zero-order valence-electron chi connectivity index (χ0n) is 18.6. The molecule has 1 saturated heterocycles. The first kappa shape index (κ1) is 24.5. The number of hydrogen-bond donors (Lipinski definition) is 1. The van der Waals surface area contributed by atoms with E-state index in [9.17, 15) is 9.59 Å². The summed E-state index contributed by atoms with van der Waals surface area (Å²) in [5.41, 5.74) is 1.14. The lowest BCUT2D eigenvalue weighted by Crippen LogP contribution is -2.48. The molecule has 8 nitrogen and oxygen atoms in total. The van der Waals surface area contributed by atoms with Gasteiger partial charge in [-0.15, -0.1) is 0 Å². The molecule has 2 aromatic rings. The van der Waals surface area contributed by atoms with Crippen LogP contribution >= 0.6 is 27.7 Å². The molecule has 1 N–H and O–H groups in total. The molecule has 0 aliphatic carbocycles. The molecule has 178 valence electrons. The van der Waals surface area contributed by atoms with Crippen molar-refractivity contribution in [1.82, 2.24) is 9.80 Å². The Balaban J connectivity index is 1.44. The number of thioether (sulfide) groups is 1. The highest BCUT2D eigenvalue weighted by Gasteiger charge is 2.28. The molecule has 2 aliphatic heterocycles. The van der Waals surface area contributed by atoms with Gasteiger partial charge in [0.2, 0.25) is 0 Å². The number of amides is 1. The standard InChI is InChI=1S/C24H24BrN3O5S/c1-32-20-14-16(6-7-19(20)33-23(31)17-4-2-3-5-18(17)25)15-21-22(30)26-24(34-21)28-10-8-27(9-11-28)12-13-29/h2-7,14-15,29H,8-13H2,1H3/b21-15+. The van der Waals surface area contributed by atoms with Crippen molar-refractivity contribution in [3.63, 3.8) is 0 Å². The molecule has 4 rings (SSSR count). The van der Waals surface area contributed by atoms with Crippen LogP contribution in [0.4, 0.5) is 0 Å². The average Bonchev–Trinajstić information content (AvgIpc) is 3.21. The number of methoxy groups -OCH3 is 1. The number of nitrogens with zero attached hydrogens (tertiary/aromatic N) is 3. The molecule has 0 atom stereocenters. The first-order valence-electron chi connectivity index (χ1n) is 10.7. The third-order valence-electron chi connectivity index (χ3n) is 5.45. The number of aliphatic hydroxyl groups excluding tert-OH is 1. The predicted molar refractivity (Wildman–Crippen MR) is 135 cm³/mol. The molecule has 0 radical (unpaired) electrons. The van der Waals surface area contributed by atoms with Crippen molar-refractivity contribution in [1.29, 1.82) is 0 Å². The van der Waals surface area contributed by atoms with Crippen molar-refractivity contribution in [2.75, 3.05) is 46.4 Å². The minimum atomic E-state index is -0.504. The molecule has 2 aromatic carbocycles. The van der Waals surface area contributed by atoms with Crippen LogP contribution in [-0.2, 0) is 4.79 Å². The van der Waals surface area contributed by atoms with E-state index in [-0.39, 0.29) is 18.3 Å². The zero-order chi connectivity index (χ0) is 24.1. The molecule has 2 aliphatic rings. The van der Waals surface area contributed by atoms with E-state index >= 15 is 0 Å². The number of rotatable bonds is 6. The fourth-order valence-corrected chi connectivity index (χ4v) is 5.04. The van der Waals surface area contributed by atoms with Gasteiger partial charge in [-0.1, -0.05) is 18.2 Å². The monoisotopic (exact) mass is 545 g/mol. The van der Waals surface area contributed by atoms with Crippen LogP contribution in [0, 0.1) is 0 Å². The molecule has 1 fully saturated rings. The van der Waals surface area contributed by atoms with Crippen LogP contribution in [0.1, 0.15) is 15.9 Å². The Labute approximate surface area is 210 Å². The molecule has 0 unspecified atom stereocenters. The van der Waals surface area contributed by atoms with Crippen LogP contribution in [0.3, 0.4) is 0 Å². The molecule has 1 amide bonds. The third-order valence-corrected chi connectivity index (χ3v) is 7.19. The Bertz CT molecular complexity index is 1150. The summed E-state index contributed by atoms with van der Waals surface area (Å²) in [6.45, 7) is 3.98. The van der Waals surface area contributed by atoms with Crippen molar-refractivity contribution in [2.45, 2.75) is 0 Å². The predicted octanol–water partition coefficient (Wildman–Crippen LogP) is 3.26. The lowest BCUT2D eigenvalue weighted by Gasteiger charge is -2.34. The van der Waals surface area contributed by atoms with Crippen LogP contribution in [0.2, 0.25) is 0 Å². The average molecular weight is 546 g/mol. The van der Waals surface area contributed by atoms with Gasteiger partial charge in [0.05, 0.1) is 24.2 Å². The summed E-state index contributed by atoms with van der Waals surface area (Å²) in [6, 6.07) is 12.1. The SMILES string of the molecule is COc1cc(/C=C2/SC(N3CCN(CCO)CC3)=NC2=O)ccc1OC(=O)c1ccccc1Br. The number of aliphatic imine (C=N–C) groups is 1. The van der Waals surface area contributed by atoms with Gasteiger partial charge in [0.1, 0.15) is 0 Å². The van der Waals surface area contributed by atoms with Crippen LogP contribution in [0.5, 0.6) is 11.5 Å². The second kappa shape index (κ2) is 11.2. The maximum absolute atomic E-state index is 12.5. The Morgan fingerprint density at radius 2 is 1.94 bits per heavy atom. The normalized spacial score (nSPS) is 17.7. The smallest absolute Gasteiger partial charge is 0.344 e. The molecule has 2 heterocycles. The Morgan fingerprint density at radius 3 is 2.65 bits per heavy atom. The van der Waals surface area contributed by atoms with E-state index in [2.05, 4.69) is 30.7 Å². The lowest BCUT2D eigenvalue weighted by atomic mass is 10.2. The number of esters is 1. The summed E-state index contributed by atoms with van der Waals surface area (Å²) < 4.78 is 11.6. The number of piperazine rings is 1. The van der Waals surface area contributed by atoms with Crippen LogP contribution in [0.25, 0.3) is 6.08 Å². The summed E-state index contributed by atoms with van der Waals surface area (Å²) in [5.74, 6) is -0.114. The summed E-state index contributed by atoms with van der Waals surface area (Å²) in [6.07, 6.45) is 1.76. The van der Waals surface area contributed by atoms with Crippen LogP contribution in [0.15, 0.2) is 56.8 Å². The molecular formula is C24H24BrN3O5S. The van der Waals surface area contributed by atoms with Gasteiger partial charge in [-0.25, -0.2) is 4.79 Å². The number of benzene rings is 2. The largest absolute Gasteiger partial charge is 0.493 e. The van der Waals surface area contributed by atoms with E-state index in [1.807, 2.05) is 6.07 Å². The van der Waals surface area contributed by atoms with Gasteiger partial charge in [0, 0.05) is 37.2 Å². The minimum absolute atomic E-state index is 0.145. The number of carbonyl (C=O) groups is 2. The van der Waals surface area contributed by atoms with Crippen molar-refractivity contribution in [3.8, 4) is 11.5 Å². The van der Waals surface area contributed by atoms with Gasteiger partial charge in [-0.2, -0.15) is 4.99 Å². The van der Waals surface area contributed by atoms with Gasteiger partial charge >= 0.3 is 5.97 Å². The molecule has 0 spiro atoms. The van der Waals surface area contributed by atoms with E-state index in [1.54, 1.807) is 42.5 Å². The highest BCUT2D eigenvalue weighted by Crippen LogP contribution is 2.34. The minimum Gasteiger partial charge on any atom is -0.493 e. The second-order valence-electron chi connectivity index (χ2n) is 7.64. The topological polar surface area (TPSA) is 91.7 Å². The van der Waals surface area contributed by atoms with Crippen molar-refractivity contribution in [2.24, 2.45) is 4.99 Å². The van der Waals surface area contributed by atoms with E-state index in [0.29, 0.717) is 32.4 Å². The highest BCUT2D eigenvalue weighted by atomic mass is 79.9. The van der Waals surface area contributed by atoms with E-state index < -0.39 is 5.97 Å². The number of aliphatic hydroxyl groups is 1. The van der Waals surface area contributed by atoms with Gasteiger partial charge in [-0.05, 0) is 63.6 Å². The van der Waals surface area contributed by atoms with Crippen molar-refractivity contribution in [3.05, 3.63) is 63.0 Å². The van der Waals surface area contributed by atoms with Gasteiger partial charge in [0.15, 0.2) is 16.7 Å². The quantitative estimate of drug-likeness (QED) is 0.336. The lowest BCUT2D eigenvalue weighted by molar-refractivity contribution is -0.113. The Morgan fingerprint density at radius 1 is 1.18 bits per heavy atom. The van der Waals surface area contributed by atoms with Crippen LogP contribution < -0.4 is 9.47 Å². The third kappa shape index (κ3) is 5.69. The molecule has 10 heteroatoms. The molecular weight excluding hydrogens is 522 g/mol.